The number of hydrogen-bond acceptors (Lipinski definition) is 4. The zero-order valence-electron chi connectivity index (χ0n) is 7.37. The zero-order valence-corrected chi connectivity index (χ0v) is 9.01. The molecule has 6 nitrogen and oxygen atoms in total. The van der Waals surface area contributed by atoms with E-state index in [9.17, 15) is 12.6 Å². The number of hydrogen-bond donors (Lipinski definition) is 2. The highest BCUT2D eigenvalue weighted by Gasteiger charge is 2.22. The summed E-state index contributed by atoms with van der Waals surface area (Å²) in [4.78, 5) is 1.57. The summed E-state index contributed by atoms with van der Waals surface area (Å²) >= 11 is -2.25. The molecule has 0 aliphatic rings. The molecule has 2 N–H and O–H groups in total. The number of rotatable bonds is 5. The van der Waals surface area contributed by atoms with Gasteiger partial charge in [0.25, 0.3) is 10.1 Å². The van der Waals surface area contributed by atoms with E-state index in [0.29, 0.717) is 0 Å². The van der Waals surface area contributed by atoms with Gasteiger partial charge in [-0.25, -0.2) is 4.21 Å². The maximum Gasteiger partial charge on any atom is 0.266 e. The summed E-state index contributed by atoms with van der Waals surface area (Å²) < 4.78 is 48.6. The van der Waals surface area contributed by atoms with Crippen LogP contribution in [0.2, 0.25) is 0 Å². The second kappa shape index (κ2) is 5.01. The minimum Gasteiger partial charge on any atom is -0.308 e. The normalized spacial score (nSPS) is 17.3. The van der Waals surface area contributed by atoms with Crippen LogP contribution < -0.4 is 0 Å². The van der Waals surface area contributed by atoms with E-state index in [1.165, 1.54) is 0 Å². The fourth-order valence-corrected chi connectivity index (χ4v) is 2.80. The van der Waals surface area contributed by atoms with Gasteiger partial charge in [-0.1, -0.05) is 0 Å². The lowest BCUT2D eigenvalue weighted by atomic mass is 10.4. The Morgan fingerprint density at radius 1 is 1.46 bits per heavy atom. The topological polar surface area (TPSA) is 94.9 Å². The lowest BCUT2D eigenvalue weighted by Gasteiger charge is -2.15. The van der Waals surface area contributed by atoms with Crippen molar-refractivity contribution in [2.45, 2.75) is 5.25 Å². The van der Waals surface area contributed by atoms with Crippen molar-refractivity contribution in [3.8, 4) is 0 Å². The molecule has 2 unspecified atom stereocenters. The van der Waals surface area contributed by atoms with Gasteiger partial charge in [0.15, 0.2) is 11.1 Å². The van der Waals surface area contributed by atoms with E-state index in [1.807, 2.05) is 0 Å². The van der Waals surface area contributed by atoms with Gasteiger partial charge in [-0.05, 0) is 14.1 Å². The summed E-state index contributed by atoms with van der Waals surface area (Å²) in [5.74, 6) is -0.700. The van der Waals surface area contributed by atoms with E-state index in [0.717, 1.165) is 0 Å². The van der Waals surface area contributed by atoms with Crippen LogP contribution in [-0.2, 0) is 21.2 Å². The van der Waals surface area contributed by atoms with Gasteiger partial charge in [0, 0.05) is 6.54 Å². The summed E-state index contributed by atoms with van der Waals surface area (Å²) in [5, 5.41) is -0.981. The highest BCUT2D eigenvalue weighted by molar-refractivity contribution is 7.87. The molecule has 0 spiro atoms. The molecule has 0 saturated heterocycles. The lowest BCUT2D eigenvalue weighted by Crippen LogP contribution is -2.35. The lowest BCUT2D eigenvalue weighted by molar-refractivity contribution is 0.398. The van der Waals surface area contributed by atoms with Crippen molar-refractivity contribution in [1.29, 1.82) is 0 Å². The van der Waals surface area contributed by atoms with Gasteiger partial charge in [0.1, 0.15) is 0 Å². The smallest absolute Gasteiger partial charge is 0.266 e. The van der Waals surface area contributed by atoms with Crippen molar-refractivity contribution < 1.29 is 21.7 Å². The molecule has 0 aromatic carbocycles. The molecule has 0 bridgehead atoms. The van der Waals surface area contributed by atoms with E-state index in [4.69, 9.17) is 9.11 Å². The van der Waals surface area contributed by atoms with Crippen molar-refractivity contribution in [1.82, 2.24) is 4.90 Å². The Kier molecular flexibility index (Phi) is 5.00. The molecular formula is C5H13NO5S2. The quantitative estimate of drug-likeness (QED) is 0.467. The molecule has 0 heterocycles. The SMILES string of the molecule is CN(C)CC(CS(=O)(=O)O)S(=O)O. The first-order valence-corrected chi connectivity index (χ1v) is 6.20. The number of nitrogens with zero attached hydrogens (tertiary/aromatic N) is 1. The van der Waals surface area contributed by atoms with E-state index in [-0.39, 0.29) is 6.54 Å². The Balaban J connectivity index is 4.37. The average molecular weight is 231 g/mol. The molecule has 0 aliphatic carbocycles. The van der Waals surface area contributed by atoms with Gasteiger partial charge >= 0.3 is 0 Å². The molecule has 0 aromatic rings. The molecule has 0 fully saturated rings. The van der Waals surface area contributed by atoms with E-state index in [1.54, 1.807) is 19.0 Å². The molecule has 13 heavy (non-hydrogen) atoms. The third-order valence-electron chi connectivity index (χ3n) is 1.25. The van der Waals surface area contributed by atoms with Gasteiger partial charge in [0.05, 0.1) is 11.0 Å². The Bertz CT molecular complexity index is 273. The molecule has 0 saturated carbocycles. The van der Waals surface area contributed by atoms with Gasteiger partial charge < -0.3 is 9.45 Å². The van der Waals surface area contributed by atoms with Crippen LogP contribution in [0.5, 0.6) is 0 Å². The van der Waals surface area contributed by atoms with E-state index < -0.39 is 32.2 Å². The molecule has 0 radical (unpaired) electrons. The maximum absolute atomic E-state index is 10.6. The predicted octanol–water partition coefficient (Wildman–Crippen LogP) is -0.974. The predicted molar refractivity (Wildman–Crippen MR) is 49.5 cm³/mol. The minimum absolute atomic E-state index is 0.128. The van der Waals surface area contributed by atoms with Gasteiger partial charge in [0.2, 0.25) is 0 Å². The highest BCUT2D eigenvalue weighted by atomic mass is 32.2. The summed E-state index contributed by atoms with van der Waals surface area (Å²) in [6.07, 6.45) is 0. The fourth-order valence-electron chi connectivity index (χ4n) is 0.817. The molecule has 8 heteroatoms. The summed E-state index contributed by atoms with van der Waals surface area (Å²) in [6.45, 7) is 0.128. The van der Waals surface area contributed by atoms with Crippen LogP contribution in [0.25, 0.3) is 0 Å². The molecule has 80 valence electrons. The standard InChI is InChI=1S/C5H13NO5S2/c1-6(2)3-5(12(7)8)4-13(9,10)11/h5H,3-4H2,1-2H3,(H,7,8)(H,9,10,11). The van der Waals surface area contributed by atoms with Crippen LogP contribution in [0.4, 0.5) is 0 Å². The van der Waals surface area contributed by atoms with Crippen LogP contribution in [0.3, 0.4) is 0 Å². The van der Waals surface area contributed by atoms with Gasteiger partial charge in [-0.3, -0.25) is 4.55 Å². The van der Waals surface area contributed by atoms with Crippen LogP contribution in [-0.4, -0.2) is 58.3 Å². The van der Waals surface area contributed by atoms with Crippen molar-refractivity contribution in [2.24, 2.45) is 0 Å². The first-order valence-electron chi connectivity index (χ1n) is 3.42. The highest BCUT2D eigenvalue weighted by Crippen LogP contribution is 2.00. The average Bonchev–Trinajstić information content (AvgIpc) is 1.81. The van der Waals surface area contributed by atoms with Crippen molar-refractivity contribution in [3.63, 3.8) is 0 Å². The summed E-state index contributed by atoms with van der Waals surface area (Å²) in [7, 11) is -0.908. The largest absolute Gasteiger partial charge is 0.308 e. The zero-order chi connectivity index (χ0) is 10.6. The third kappa shape index (κ3) is 7.08. The molecular weight excluding hydrogens is 218 g/mol. The molecule has 0 amide bonds. The Labute approximate surface area is 80.0 Å². The van der Waals surface area contributed by atoms with E-state index in [2.05, 4.69) is 0 Å². The molecule has 0 aromatic heterocycles. The van der Waals surface area contributed by atoms with Crippen LogP contribution in [0.15, 0.2) is 0 Å². The minimum atomic E-state index is -4.19. The Morgan fingerprint density at radius 2 is 1.92 bits per heavy atom. The third-order valence-corrected chi connectivity index (χ3v) is 3.17. The maximum atomic E-state index is 10.6. The van der Waals surface area contributed by atoms with Crippen LogP contribution in [0, 0.1) is 0 Å². The van der Waals surface area contributed by atoms with Crippen LogP contribution in [0.1, 0.15) is 0 Å². The van der Waals surface area contributed by atoms with Crippen molar-refractivity contribution in [2.75, 3.05) is 26.4 Å². The van der Waals surface area contributed by atoms with Gasteiger partial charge in [-0.2, -0.15) is 8.42 Å². The van der Waals surface area contributed by atoms with Crippen LogP contribution >= 0.6 is 0 Å². The van der Waals surface area contributed by atoms with Gasteiger partial charge in [-0.15, -0.1) is 0 Å². The monoisotopic (exact) mass is 231 g/mol. The Hall–Kier alpha value is -0.0200. The second-order valence-corrected chi connectivity index (χ2v) is 5.63. The molecule has 2 atom stereocenters. The fraction of sp³-hybridized carbons (Fsp3) is 1.00. The van der Waals surface area contributed by atoms with Crippen molar-refractivity contribution >= 4 is 21.2 Å². The summed E-state index contributed by atoms with van der Waals surface area (Å²) in [6, 6.07) is 0. The summed E-state index contributed by atoms with van der Waals surface area (Å²) in [5.41, 5.74) is 0. The molecule has 0 aliphatic heterocycles. The molecule has 0 rings (SSSR count). The second-order valence-electron chi connectivity index (χ2n) is 2.91. The first-order chi connectivity index (χ1) is 5.72. The first kappa shape index (κ1) is 13.0. The van der Waals surface area contributed by atoms with Crippen molar-refractivity contribution in [3.05, 3.63) is 0 Å². The van der Waals surface area contributed by atoms with E-state index >= 15 is 0 Å². The Morgan fingerprint density at radius 3 is 2.15 bits per heavy atom.